The number of hydrogen-bond acceptors (Lipinski definition) is 6. The Labute approximate surface area is 211 Å². The van der Waals surface area contributed by atoms with E-state index in [2.05, 4.69) is 5.32 Å². The molecule has 1 aliphatic heterocycles. The van der Waals surface area contributed by atoms with Gasteiger partial charge in [0.25, 0.3) is 5.91 Å². The van der Waals surface area contributed by atoms with Gasteiger partial charge in [0.05, 0.1) is 28.9 Å². The van der Waals surface area contributed by atoms with Crippen LogP contribution in [0, 0.1) is 0 Å². The summed E-state index contributed by atoms with van der Waals surface area (Å²) in [5.74, 6) is -1.89. The molecular weight excluding hydrogens is 525 g/mol. The summed E-state index contributed by atoms with van der Waals surface area (Å²) < 4.78 is 76.7. The van der Waals surface area contributed by atoms with Crippen LogP contribution in [0.5, 0.6) is 5.75 Å². The molecule has 8 nitrogen and oxygen atoms in total. The molecule has 1 aliphatic rings. The number of halogens is 4. The van der Waals surface area contributed by atoms with Crippen molar-refractivity contribution >= 4 is 39.2 Å². The molecule has 1 N–H and O–H groups in total. The number of benzene rings is 2. The Hall–Kier alpha value is -2.83. The lowest BCUT2D eigenvalue weighted by atomic mass is 10.2. The van der Waals surface area contributed by atoms with Gasteiger partial charge in [-0.3, -0.25) is 4.79 Å². The molecule has 0 radical (unpaired) electrons. The molecule has 0 aliphatic carbocycles. The number of carbonyl (C=O) groups excluding carboxylic acids is 2. The second-order valence-electron chi connectivity index (χ2n) is 8.00. The van der Waals surface area contributed by atoms with E-state index in [1.165, 1.54) is 23.5 Å². The van der Waals surface area contributed by atoms with E-state index in [0.29, 0.717) is 32.0 Å². The molecule has 0 bridgehead atoms. The zero-order chi connectivity index (χ0) is 26.5. The van der Waals surface area contributed by atoms with Gasteiger partial charge in [-0.2, -0.15) is 17.5 Å². The van der Waals surface area contributed by atoms with Crippen LogP contribution in [0.3, 0.4) is 0 Å². The van der Waals surface area contributed by atoms with Gasteiger partial charge < -0.3 is 14.8 Å². The van der Waals surface area contributed by atoms with E-state index < -0.39 is 40.2 Å². The number of ether oxygens (including phenoxy) is 2. The van der Waals surface area contributed by atoms with E-state index in [9.17, 15) is 31.2 Å². The van der Waals surface area contributed by atoms with E-state index in [1.807, 2.05) is 0 Å². The monoisotopic (exact) mass is 548 g/mol. The first kappa shape index (κ1) is 27.8. The van der Waals surface area contributed by atoms with Crippen molar-refractivity contribution < 1.29 is 40.7 Å². The molecule has 36 heavy (non-hydrogen) atoms. The summed E-state index contributed by atoms with van der Waals surface area (Å²) in [7, 11) is -2.66. The first-order valence-corrected chi connectivity index (χ1v) is 12.8. The van der Waals surface area contributed by atoms with Gasteiger partial charge in [-0.15, -0.1) is 0 Å². The number of carbonyl (C=O) groups is 2. The molecule has 196 valence electrons. The number of esters is 1. The molecule has 0 atom stereocenters. The molecule has 1 fully saturated rings. The topological polar surface area (TPSA) is 102 Å². The van der Waals surface area contributed by atoms with Crippen LogP contribution < -0.4 is 10.1 Å². The van der Waals surface area contributed by atoms with Gasteiger partial charge in [-0.25, -0.2) is 13.2 Å². The number of methoxy groups -OCH3 is 1. The maximum Gasteiger partial charge on any atom is 0.416 e. The quantitative estimate of drug-likeness (QED) is 0.502. The lowest BCUT2D eigenvalue weighted by Crippen LogP contribution is -2.32. The third kappa shape index (κ3) is 6.68. The van der Waals surface area contributed by atoms with Crippen molar-refractivity contribution in [2.45, 2.75) is 36.8 Å². The second kappa shape index (κ2) is 11.5. The number of nitrogens with one attached hydrogen (secondary N) is 1. The molecule has 1 amide bonds. The van der Waals surface area contributed by atoms with Crippen molar-refractivity contribution in [1.82, 2.24) is 4.31 Å². The summed E-state index contributed by atoms with van der Waals surface area (Å²) in [6, 6.07) is 6.11. The summed E-state index contributed by atoms with van der Waals surface area (Å²) in [5, 5.41) is 2.02. The number of alkyl halides is 3. The Balaban J connectivity index is 1.72. The van der Waals surface area contributed by atoms with Crippen LogP contribution in [0.1, 0.15) is 41.6 Å². The van der Waals surface area contributed by atoms with Crippen molar-refractivity contribution in [2.24, 2.45) is 0 Å². The third-order valence-corrected chi connectivity index (χ3v) is 7.73. The van der Waals surface area contributed by atoms with Crippen LogP contribution in [-0.2, 0) is 25.7 Å². The van der Waals surface area contributed by atoms with Gasteiger partial charge in [-0.1, -0.05) is 24.4 Å². The molecule has 1 heterocycles. The molecule has 13 heteroatoms. The highest BCUT2D eigenvalue weighted by molar-refractivity contribution is 7.89. The van der Waals surface area contributed by atoms with Crippen molar-refractivity contribution in [3.63, 3.8) is 0 Å². The maximum absolute atomic E-state index is 13.2. The van der Waals surface area contributed by atoms with Gasteiger partial charge in [0, 0.05) is 13.1 Å². The molecule has 3 rings (SSSR count). The van der Waals surface area contributed by atoms with Crippen molar-refractivity contribution in [3.05, 3.63) is 52.5 Å². The minimum atomic E-state index is -4.64. The van der Waals surface area contributed by atoms with E-state index in [0.717, 1.165) is 31.0 Å². The Morgan fingerprint density at radius 2 is 1.72 bits per heavy atom. The fourth-order valence-corrected chi connectivity index (χ4v) is 5.49. The summed E-state index contributed by atoms with van der Waals surface area (Å²) in [4.78, 5) is 24.5. The van der Waals surface area contributed by atoms with Gasteiger partial charge >= 0.3 is 12.1 Å². The Morgan fingerprint density at radius 3 is 2.33 bits per heavy atom. The number of nitrogens with zero attached hydrogens (tertiary/aromatic N) is 1. The normalized spacial score (nSPS) is 15.1. The SMILES string of the molecule is COc1ccc(C(=O)OCC(=O)Nc2cc(C(F)(F)F)ccc2Cl)cc1S(=O)(=O)N1CCCCCC1. The molecule has 2 aromatic rings. The Morgan fingerprint density at radius 1 is 1.06 bits per heavy atom. The van der Waals surface area contributed by atoms with Gasteiger partial charge in [0.15, 0.2) is 6.61 Å². The van der Waals surface area contributed by atoms with E-state index in [1.54, 1.807) is 0 Å². The van der Waals surface area contributed by atoms with Crippen LogP contribution in [0.4, 0.5) is 18.9 Å². The largest absolute Gasteiger partial charge is 0.495 e. The molecule has 0 unspecified atom stereocenters. The van der Waals surface area contributed by atoms with Gasteiger partial charge in [0.1, 0.15) is 10.6 Å². The van der Waals surface area contributed by atoms with Crippen molar-refractivity contribution in [1.29, 1.82) is 0 Å². The van der Waals surface area contributed by atoms with Crippen molar-refractivity contribution in [2.75, 3.05) is 32.1 Å². The van der Waals surface area contributed by atoms with Crippen LogP contribution in [0.15, 0.2) is 41.3 Å². The smallest absolute Gasteiger partial charge is 0.416 e. The Bertz CT molecular complexity index is 1230. The first-order valence-electron chi connectivity index (χ1n) is 11.0. The highest BCUT2D eigenvalue weighted by Gasteiger charge is 2.31. The summed E-state index contributed by atoms with van der Waals surface area (Å²) >= 11 is 5.85. The average molecular weight is 549 g/mol. The van der Waals surface area contributed by atoms with Crippen LogP contribution in [0.2, 0.25) is 5.02 Å². The lowest BCUT2D eigenvalue weighted by molar-refractivity contribution is -0.137. The summed E-state index contributed by atoms with van der Waals surface area (Å²) in [6.45, 7) is -0.150. The number of hydrogen-bond donors (Lipinski definition) is 1. The zero-order valence-electron chi connectivity index (χ0n) is 19.2. The Kier molecular flexibility index (Phi) is 8.85. The van der Waals surface area contributed by atoms with E-state index >= 15 is 0 Å². The summed E-state index contributed by atoms with van der Waals surface area (Å²) in [5.41, 5.74) is -1.47. The standard InChI is InChI=1S/C23H24ClF3N2O6S/c1-34-19-9-6-15(12-20(19)36(32,33)29-10-4-2-3-5-11-29)22(31)35-14-21(30)28-18-13-16(23(25,26)27)7-8-17(18)24/h6-9,12-13H,2-5,10-11,14H2,1H3,(H,28,30). The number of amides is 1. The second-order valence-corrected chi connectivity index (χ2v) is 10.3. The van der Waals surface area contributed by atoms with E-state index in [4.69, 9.17) is 21.1 Å². The fourth-order valence-electron chi connectivity index (χ4n) is 3.62. The fraction of sp³-hybridized carbons (Fsp3) is 0.391. The number of sulfonamides is 1. The predicted octanol–water partition coefficient (Wildman–Crippen LogP) is 4.73. The van der Waals surface area contributed by atoms with Crippen LogP contribution in [0.25, 0.3) is 0 Å². The highest BCUT2D eigenvalue weighted by Crippen LogP contribution is 2.34. The molecule has 2 aromatic carbocycles. The first-order chi connectivity index (χ1) is 16.9. The van der Waals surface area contributed by atoms with Crippen LogP contribution in [-0.4, -0.2) is 51.4 Å². The predicted molar refractivity (Wildman–Crippen MR) is 126 cm³/mol. The molecule has 1 saturated heterocycles. The minimum Gasteiger partial charge on any atom is -0.495 e. The van der Waals surface area contributed by atoms with E-state index in [-0.39, 0.29) is 26.9 Å². The zero-order valence-corrected chi connectivity index (χ0v) is 20.8. The third-order valence-electron chi connectivity index (χ3n) is 5.48. The molecule has 0 aromatic heterocycles. The minimum absolute atomic E-state index is 0.0488. The van der Waals surface area contributed by atoms with Gasteiger partial charge in [-0.05, 0) is 49.2 Å². The van der Waals surface area contributed by atoms with Crippen LogP contribution >= 0.6 is 11.6 Å². The molecule has 0 saturated carbocycles. The summed E-state index contributed by atoms with van der Waals surface area (Å²) in [6.07, 6.45) is -1.37. The molecular formula is C23H24ClF3N2O6S. The number of anilines is 1. The molecule has 0 spiro atoms. The van der Waals surface area contributed by atoms with Gasteiger partial charge in [0.2, 0.25) is 10.0 Å². The number of rotatable bonds is 7. The van der Waals surface area contributed by atoms with Crippen molar-refractivity contribution in [3.8, 4) is 5.75 Å². The maximum atomic E-state index is 13.2. The highest BCUT2D eigenvalue weighted by atomic mass is 35.5. The lowest BCUT2D eigenvalue weighted by Gasteiger charge is -2.21. The average Bonchev–Trinajstić information content (AvgIpc) is 3.13.